The molecular formula is C36H48N6O4. The van der Waals surface area contributed by atoms with Gasteiger partial charge in [-0.25, -0.2) is 9.78 Å². The van der Waals surface area contributed by atoms with Gasteiger partial charge in [-0.05, 0) is 56.4 Å². The highest BCUT2D eigenvalue weighted by molar-refractivity contribution is 5.94. The monoisotopic (exact) mass is 628 g/mol. The number of likely N-dealkylation sites (tertiary alicyclic amines) is 1. The third-order valence-corrected chi connectivity index (χ3v) is 8.44. The maximum absolute atomic E-state index is 12.7. The smallest absolute Gasteiger partial charge is 0.411 e. The number of para-hydroxylation sites is 1. The number of carbonyl (C=O) groups excluding carboxylic acids is 3. The van der Waals surface area contributed by atoms with Gasteiger partial charge in [-0.15, -0.1) is 0 Å². The summed E-state index contributed by atoms with van der Waals surface area (Å²) in [5.74, 6) is 0.877. The van der Waals surface area contributed by atoms with Gasteiger partial charge in [0.1, 0.15) is 11.9 Å². The van der Waals surface area contributed by atoms with Crippen LogP contribution in [0.3, 0.4) is 0 Å². The predicted octanol–water partition coefficient (Wildman–Crippen LogP) is 5.98. The van der Waals surface area contributed by atoms with E-state index in [1.54, 1.807) is 24.2 Å². The Kier molecular flexibility index (Phi) is 13.4. The molecule has 10 nitrogen and oxygen atoms in total. The normalized spacial score (nSPS) is 13.5. The molecule has 3 amide bonds. The number of benzene rings is 2. The van der Waals surface area contributed by atoms with Crippen LogP contribution >= 0.6 is 0 Å². The van der Waals surface area contributed by atoms with E-state index in [2.05, 4.69) is 20.5 Å². The zero-order valence-electron chi connectivity index (χ0n) is 27.4. The number of hydrogen-bond acceptors (Lipinski definition) is 7. The van der Waals surface area contributed by atoms with Crippen LogP contribution in [-0.4, -0.2) is 97.1 Å². The fourth-order valence-corrected chi connectivity index (χ4v) is 5.39. The second-order valence-electron chi connectivity index (χ2n) is 11.8. The summed E-state index contributed by atoms with van der Waals surface area (Å²) in [6.45, 7) is 6.51. The van der Waals surface area contributed by atoms with Crippen LogP contribution in [0.2, 0.25) is 0 Å². The molecule has 0 aliphatic carbocycles. The summed E-state index contributed by atoms with van der Waals surface area (Å²) in [5, 5.41) is 6.21. The number of likely N-dealkylation sites (N-methyl/N-ethyl adjacent to an activating group) is 1. The summed E-state index contributed by atoms with van der Waals surface area (Å²) in [4.78, 5) is 47.7. The fraction of sp³-hybridized carbons (Fsp3) is 0.444. The Balaban J connectivity index is 1.06. The van der Waals surface area contributed by atoms with E-state index in [-0.39, 0.29) is 17.9 Å². The second kappa shape index (κ2) is 17.9. The molecule has 0 atom stereocenters. The summed E-state index contributed by atoms with van der Waals surface area (Å²) in [6, 6.07) is 21.3. The van der Waals surface area contributed by atoms with Crippen LogP contribution < -0.4 is 10.6 Å². The van der Waals surface area contributed by atoms with Gasteiger partial charge in [0.15, 0.2) is 0 Å². The number of amides is 3. The lowest BCUT2D eigenvalue weighted by Gasteiger charge is -2.32. The van der Waals surface area contributed by atoms with E-state index >= 15 is 0 Å². The topological polar surface area (TPSA) is 107 Å². The summed E-state index contributed by atoms with van der Waals surface area (Å²) in [5.41, 5.74) is 3.30. The number of carbonyl (C=O) groups is 3. The van der Waals surface area contributed by atoms with E-state index in [1.165, 1.54) is 0 Å². The van der Waals surface area contributed by atoms with Crippen molar-refractivity contribution in [3.8, 4) is 11.1 Å². The maximum Gasteiger partial charge on any atom is 0.411 e. The van der Waals surface area contributed by atoms with E-state index in [0.29, 0.717) is 25.1 Å². The van der Waals surface area contributed by atoms with Gasteiger partial charge in [-0.3, -0.25) is 14.9 Å². The highest BCUT2D eigenvalue weighted by Crippen LogP contribution is 2.28. The molecule has 2 heterocycles. The molecule has 4 rings (SSSR count). The molecule has 1 aromatic heterocycles. The van der Waals surface area contributed by atoms with Crippen molar-refractivity contribution in [2.24, 2.45) is 0 Å². The van der Waals surface area contributed by atoms with E-state index in [1.807, 2.05) is 79.5 Å². The number of aromatic nitrogens is 1. The van der Waals surface area contributed by atoms with Crippen LogP contribution in [0.5, 0.6) is 0 Å². The third-order valence-electron chi connectivity index (χ3n) is 8.44. The molecule has 0 radical (unpaired) electrons. The quantitative estimate of drug-likeness (QED) is 0.199. The van der Waals surface area contributed by atoms with Gasteiger partial charge in [0.2, 0.25) is 5.91 Å². The minimum Gasteiger partial charge on any atom is -0.446 e. The molecule has 2 N–H and O–H groups in total. The van der Waals surface area contributed by atoms with E-state index < -0.39 is 6.09 Å². The molecule has 46 heavy (non-hydrogen) atoms. The van der Waals surface area contributed by atoms with Crippen LogP contribution in [0, 0.1) is 0 Å². The molecule has 0 saturated carbocycles. The van der Waals surface area contributed by atoms with Gasteiger partial charge >= 0.3 is 6.09 Å². The molecule has 3 aromatic rings. The molecule has 1 aliphatic heterocycles. The number of hydrogen-bond donors (Lipinski definition) is 2. The fourth-order valence-electron chi connectivity index (χ4n) is 5.39. The third kappa shape index (κ3) is 10.6. The maximum atomic E-state index is 12.7. The van der Waals surface area contributed by atoms with Gasteiger partial charge in [-0.2, -0.15) is 0 Å². The highest BCUT2D eigenvalue weighted by Gasteiger charge is 2.23. The Morgan fingerprint density at radius 1 is 0.913 bits per heavy atom. The number of anilines is 2. The number of rotatable bonds is 15. The first-order valence-corrected chi connectivity index (χ1v) is 16.4. The molecule has 2 aromatic carbocycles. The lowest BCUT2D eigenvalue weighted by molar-refractivity contribution is -0.130. The van der Waals surface area contributed by atoms with Gasteiger partial charge in [0.05, 0.1) is 11.3 Å². The molecule has 246 valence electrons. The number of ether oxygens (including phenoxy) is 1. The molecule has 1 aliphatic rings. The zero-order valence-corrected chi connectivity index (χ0v) is 27.4. The Morgan fingerprint density at radius 2 is 1.65 bits per heavy atom. The first-order chi connectivity index (χ1) is 22.3. The van der Waals surface area contributed by atoms with Crippen LogP contribution in [-0.2, 0) is 9.53 Å². The number of nitrogens with one attached hydrogen (secondary N) is 2. The summed E-state index contributed by atoms with van der Waals surface area (Å²) in [7, 11) is 3.64. The lowest BCUT2D eigenvalue weighted by atomic mass is 10.0. The number of pyridine rings is 1. The minimum atomic E-state index is -0.429. The zero-order chi connectivity index (χ0) is 32.7. The van der Waals surface area contributed by atoms with Crippen molar-refractivity contribution in [1.82, 2.24) is 19.7 Å². The molecular weight excluding hydrogens is 580 g/mol. The largest absolute Gasteiger partial charge is 0.446 e. The SMILES string of the molecule is CCN(C)C(=O)c1ccc(NCCCCCC(=O)N(C)CCN2CCC(OC(=O)Nc3ccccc3-c3ccccc3)CC2)nc1. The first kappa shape index (κ1) is 34.4. The average Bonchev–Trinajstić information content (AvgIpc) is 3.09. The van der Waals surface area contributed by atoms with Gasteiger partial charge in [0.25, 0.3) is 5.91 Å². The Morgan fingerprint density at radius 3 is 2.37 bits per heavy atom. The summed E-state index contributed by atoms with van der Waals surface area (Å²) >= 11 is 0. The van der Waals surface area contributed by atoms with E-state index in [0.717, 1.165) is 80.9 Å². The van der Waals surface area contributed by atoms with Crippen molar-refractivity contribution in [2.45, 2.75) is 51.6 Å². The summed E-state index contributed by atoms with van der Waals surface area (Å²) < 4.78 is 5.76. The number of unbranched alkanes of at least 4 members (excludes halogenated alkanes) is 2. The van der Waals surface area contributed by atoms with Crippen LogP contribution in [0.4, 0.5) is 16.3 Å². The summed E-state index contributed by atoms with van der Waals surface area (Å²) in [6.07, 6.45) is 5.86. The standard InChI is InChI=1S/C36H48N6O4/c1-4-40(2)35(44)29-18-19-33(38-27-29)37-22-12-6-9-17-34(43)41(3)25-26-42-23-20-30(21-24-42)46-36(45)39-32-16-11-10-15-31(32)28-13-7-5-8-14-28/h5,7-8,10-11,13-16,18-19,27,30H,4,6,9,12,17,20-26H2,1-3H3,(H,37,38)(H,39,45). The Hall–Kier alpha value is -4.44. The van der Waals surface area contributed by atoms with E-state index in [4.69, 9.17) is 4.74 Å². The molecule has 1 saturated heterocycles. The lowest BCUT2D eigenvalue weighted by Crippen LogP contribution is -2.42. The van der Waals surface area contributed by atoms with Gasteiger partial charge in [-0.1, -0.05) is 55.0 Å². The minimum absolute atomic E-state index is 0.0333. The molecule has 10 heteroatoms. The molecule has 1 fully saturated rings. The molecule has 0 spiro atoms. The Labute approximate surface area is 273 Å². The first-order valence-electron chi connectivity index (χ1n) is 16.4. The second-order valence-corrected chi connectivity index (χ2v) is 11.8. The Bertz CT molecular complexity index is 1390. The average molecular weight is 629 g/mol. The van der Waals surface area contributed by atoms with Crippen molar-refractivity contribution in [3.63, 3.8) is 0 Å². The van der Waals surface area contributed by atoms with Crippen molar-refractivity contribution in [2.75, 3.05) is 64.0 Å². The predicted molar refractivity (Wildman–Crippen MR) is 183 cm³/mol. The van der Waals surface area contributed by atoms with Crippen LogP contribution in [0.1, 0.15) is 55.8 Å². The van der Waals surface area contributed by atoms with E-state index in [9.17, 15) is 14.4 Å². The number of piperidine rings is 1. The number of nitrogens with zero attached hydrogens (tertiary/aromatic N) is 4. The van der Waals surface area contributed by atoms with Crippen molar-refractivity contribution in [1.29, 1.82) is 0 Å². The molecule has 0 unspecified atom stereocenters. The highest BCUT2D eigenvalue weighted by atomic mass is 16.6. The van der Waals surface area contributed by atoms with Crippen molar-refractivity contribution in [3.05, 3.63) is 78.5 Å². The van der Waals surface area contributed by atoms with Crippen LogP contribution in [0.25, 0.3) is 11.1 Å². The van der Waals surface area contributed by atoms with Crippen LogP contribution in [0.15, 0.2) is 72.9 Å². The van der Waals surface area contributed by atoms with Crippen molar-refractivity contribution < 1.29 is 19.1 Å². The van der Waals surface area contributed by atoms with Crippen molar-refractivity contribution >= 4 is 29.4 Å². The molecule has 0 bridgehead atoms. The van der Waals surface area contributed by atoms with Gasteiger partial charge < -0.3 is 24.8 Å². The van der Waals surface area contributed by atoms with Gasteiger partial charge in [0, 0.05) is 71.5 Å².